The zero-order valence-electron chi connectivity index (χ0n) is 21.3. The number of amides is 2. The lowest BCUT2D eigenvalue weighted by atomic mass is 10.1. The Morgan fingerprint density at radius 2 is 1.72 bits per heavy atom. The first-order valence-corrected chi connectivity index (χ1v) is 13.2. The number of nitrogens with one attached hydrogen (secondary N) is 1. The average molecular weight is 600 g/mol. The van der Waals surface area contributed by atoms with Gasteiger partial charge in [0.1, 0.15) is 5.69 Å². The summed E-state index contributed by atoms with van der Waals surface area (Å²) in [6.07, 6.45) is -2.65. The number of nitrogens with zero attached hydrogens (tertiary/aromatic N) is 4. The van der Waals surface area contributed by atoms with Gasteiger partial charge in [-0.1, -0.05) is 28.1 Å². The Morgan fingerprint density at radius 3 is 2.38 bits per heavy atom. The molecule has 0 bridgehead atoms. The van der Waals surface area contributed by atoms with Crippen LogP contribution in [0, 0.1) is 13.8 Å². The Labute approximate surface area is 231 Å². The molecule has 4 aromatic rings. The van der Waals surface area contributed by atoms with E-state index in [1.54, 1.807) is 42.8 Å². The molecule has 0 spiro atoms. The van der Waals surface area contributed by atoms with Gasteiger partial charge in [0.25, 0.3) is 11.8 Å². The van der Waals surface area contributed by atoms with Crippen molar-refractivity contribution in [2.75, 3.05) is 18.4 Å². The first kappa shape index (κ1) is 26.9. The summed E-state index contributed by atoms with van der Waals surface area (Å²) in [6, 6.07) is 12.7. The minimum Gasteiger partial charge on any atom is -0.339 e. The van der Waals surface area contributed by atoms with Crippen molar-refractivity contribution in [3.8, 4) is 0 Å². The Bertz CT molecular complexity index is 1580. The minimum absolute atomic E-state index is 0.0273. The van der Waals surface area contributed by atoms with Gasteiger partial charge in [-0.25, -0.2) is 4.98 Å². The number of aromatic nitrogens is 3. The summed E-state index contributed by atoms with van der Waals surface area (Å²) in [7, 11) is 0. The second kappa shape index (κ2) is 10.4. The Balaban J connectivity index is 1.39. The molecule has 2 aromatic carbocycles. The molecule has 1 aliphatic heterocycles. The SMILES string of the molecule is Cc1nn(Cc2ccc(C(=O)N3CCCC3)cc2)c(C)c1NC(=O)c1cc(C(F)(F)F)nc2ccc(Br)cc12. The van der Waals surface area contributed by atoms with Gasteiger partial charge in [-0.05, 0) is 68.7 Å². The van der Waals surface area contributed by atoms with Crippen LogP contribution in [-0.4, -0.2) is 44.6 Å². The van der Waals surface area contributed by atoms with Crippen molar-refractivity contribution in [1.82, 2.24) is 19.7 Å². The van der Waals surface area contributed by atoms with Crippen LogP contribution >= 0.6 is 15.9 Å². The summed E-state index contributed by atoms with van der Waals surface area (Å²) in [5, 5.41) is 7.59. The van der Waals surface area contributed by atoms with E-state index in [4.69, 9.17) is 0 Å². The van der Waals surface area contributed by atoms with Crippen LogP contribution in [0.3, 0.4) is 0 Å². The molecule has 0 atom stereocenters. The van der Waals surface area contributed by atoms with Crippen molar-refractivity contribution in [3.05, 3.63) is 86.8 Å². The maximum Gasteiger partial charge on any atom is 0.433 e. The van der Waals surface area contributed by atoms with Crippen molar-refractivity contribution in [2.45, 2.75) is 39.4 Å². The summed E-state index contributed by atoms with van der Waals surface area (Å²) in [6.45, 7) is 5.46. The second-order valence-electron chi connectivity index (χ2n) is 9.57. The number of anilines is 1. The van der Waals surface area contributed by atoms with E-state index in [0.29, 0.717) is 39.0 Å². The number of aryl methyl sites for hydroxylation is 1. The predicted octanol–water partition coefficient (Wildman–Crippen LogP) is 6.37. The number of likely N-dealkylation sites (tertiary alicyclic amines) is 1. The van der Waals surface area contributed by atoms with E-state index >= 15 is 0 Å². The molecule has 2 aromatic heterocycles. The van der Waals surface area contributed by atoms with E-state index in [2.05, 4.69) is 31.3 Å². The Hall–Kier alpha value is -3.73. The largest absolute Gasteiger partial charge is 0.433 e. The van der Waals surface area contributed by atoms with Gasteiger partial charge in [-0.15, -0.1) is 0 Å². The molecule has 39 heavy (non-hydrogen) atoms. The molecule has 2 amide bonds. The highest BCUT2D eigenvalue weighted by molar-refractivity contribution is 9.10. The van der Waals surface area contributed by atoms with Crippen LogP contribution in [0.15, 0.2) is 53.0 Å². The van der Waals surface area contributed by atoms with Crippen molar-refractivity contribution in [3.63, 3.8) is 0 Å². The second-order valence-corrected chi connectivity index (χ2v) is 10.5. The first-order valence-electron chi connectivity index (χ1n) is 12.4. The third kappa shape index (κ3) is 5.54. The Morgan fingerprint density at radius 1 is 1.03 bits per heavy atom. The number of fused-ring (bicyclic) bond motifs is 1. The molecule has 0 aliphatic carbocycles. The normalized spacial score (nSPS) is 13.7. The molecular weight excluding hydrogens is 575 g/mol. The topological polar surface area (TPSA) is 80.1 Å². The van der Waals surface area contributed by atoms with Crippen molar-refractivity contribution < 1.29 is 22.8 Å². The molecule has 202 valence electrons. The predicted molar refractivity (Wildman–Crippen MR) is 145 cm³/mol. The van der Waals surface area contributed by atoms with Crippen LogP contribution < -0.4 is 5.32 Å². The molecular formula is C28H25BrF3N5O2. The summed E-state index contributed by atoms with van der Waals surface area (Å²) in [5.74, 6) is -0.666. The molecule has 5 rings (SSSR count). The molecule has 1 aliphatic rings. The molecule has 11 heteroatoms. The van der Waals surface area contributed by atoms with Gasteiger partial charge in [-0.3, -0.25) is 14.3 Å². The standard InChI is InChI=1S/C28H25BrF3N5O2/c1-16-25(34-26(38)22-14-24(28(30,31)32)33-23-10-9-20(29)13-21(22)23)17(2)37(35-16)15-18-5-7-19(8-6-18)27(39)36-11-3-4-12-36/h5-10,13-14H,3-4,11-12,15H2,1-2H3,(H,34,38). The van der Waals surface area contributed by atoms with Gasteiger partial charge in [0.05, 0.1) is 34.7 Å². The number of rotatable bonds is 5. The van der Waals surface area contributed by atoms with Crippen LogP contribution in [0.25, 0.3) is 10.9 Å². The third-order valence-corrected chi connectivity index (χ3v) is 7.35. The lowest BCUT2D eigenvalue weighted by molar-refractivity contribution is -0.141. The summed E-state index contributed by atoms with van der Waals surface area (Å²) in [5.41, 5.74) is 1.93. The molecule has 7 nitrogen and oxygen atoms in total. The third-order valence-electron chi connectivity index (χ3n) is 6.85. The zero-order chi connectivity index (χ0) is 27.9. The quantitative estimate of drug-likeness (QED) is 0.289. The highest BCUT2D eigenvalue weighted by atomic mass is 79.9. The lowest BCUT2D eigenvalue weighted by Gasteiger charge is -2.15. The maximum absolute atomic E-state index is 13.5. The van der Waals surface area contributed by atoms with Gasteiger partial charge >= 0.3 is 6.18 Å². The minimum atomic E-state index is -4.71. The van der Waals surface area contributed by atoms with Gasteiger partial charge < -0.3 is 10.2 Å². The van der Waals surface area contributed by atoms with Gasteiger partial charge in [0, 0.05) is 28.5 Å². The zero-order valence-corrected chi connectivity index (χ0v) is 22.9. The lowest BCUT2D eigenvalue weighted by Crippen LogP contribution is -2.27. The highest BCUT2D eigenvalue weighted by Gasteiger charge is 2.34. The van der Waals surface area contributed by atoms with E-state index in [1.807, 2.05) is 17.0 Å². The number of benzene rings is 2. The van der Waals surface area contributed by atoms with E-state index < -0.39 is 17.8 Å². The van der Waals surface area contributed by atoms with E-state index in [9.17, 15) is 22.8 Å². The monoisotopic (exact) mass is 599 g/mol. The molecule has 0 saturated carbocycles. The van der Waals surface area contributed by atoms with E-state index in [0.717, 1.165) is 37.6 Å². The van der Waals surface area contributed by atoms with Crippen LogP contribution in [-0.2, 0) is 12.7 Å². The summed E-state index contributed by atoms with van der Waals surface area (Å²) >= 11 is 3.31. The number of carbonyl (C=O) groups excluding carboxylic acids is 2. The van der Waals surface area contributed by atoms with Crippen molar-refractivity contribution in [2.24, 2.45) is 0 Å². The number of alkyl halides is 3. The molecule has 0 unspecified atom stereocenters. The van der Waals surface area contributed by atoms with E-state index in [-0.39, 0.29) is 17.0 Å². The van der Waals surface area contributed by atoms with Crippen LogP contribution in [0.1, 0.15) is 56.2 Å². The van der Waals surface area contributed by atoms with Gasteiger partial charge in [0.2, 0.25) is 0 Å². The summed E-state index contributed by atoms with van der Waals surface area (Å²) < 4.78 is 42.9. The fourth-order valence-corrected chi connectivity index (χ4v) is 5.13. The fraction of sp³-hybridized carbons (Fsp3) is 0.286. The number of halogens is 4. The van der Waals surface area contributed by atoms with Crippen molar-refractivity contribution >= 4 is 44.3 Å². The van der Waals surface area contributed by atoms with Crippen LogP contribution in [0.4, 0.5) is 18.9 Å². The first-order chi connectivity index (χ1) is 18.5. The van der Waals surface area contributed by atoms with Crippen LogP contribution in [0.2, 0.25) is 0 Å². The number of carbonyl (C=O) groups is 2. The molecule has 3 heterocycles. The number of pyridine rings is 1. The number of hydrogen-bond donors (Lipinski definition) is 1. The Kier molecular flexibility index (Phi) is 7.19. The number of hydrogen-bond acceptors (Lipinski definition) is 4. The molecule has 1 N–H and O–H groups in total. The highest BCUT2D eigenvalue weighted by Crippen LogP contribution is 2.33. The smallest absolute Gasteiger partial charge is 0.339 e. The average Bonchev–Trinajstić information content (AvgIpc) is 3.52. The van der Waals surface area contributed by atoms with Gasteiger partial charge in [0.15, 0.2) is 0 Å². The maximum atomic E-state index is 13.5. The fourth-order valence-electron chi connectivity index (χ4n) is 4.77. The van der Waals surface area contributed by atoms with Gasteiger partial charge in [-0.2, -0.15) is 18.3 Å². The van der Waals surface area contributed by atoms with Crippen molar-refractivity contribution in [1.29, 1.82) is 0 Å². The molecule has 0 radical (unpaired) electrons. The molecule has 1 saturated heterocycles. The summed E-state index contributed by atoms with van der Waals surface area (Å²) in [4.78, 5) is 31.5. The van der Waals surface area contributed by atoms with E-state index in [1.165, 1.54) is 6.07 Å². The molecule has 1 fully saturated rings. The van der Waals surface area contributed by atoms with Crippen LogP contribution in [0.5, 0.6) is 0 Å².